The van der Waals surface area contributed by atoms with Crippen LogP contribution in [-0.2, 0) is 14.3 Å². The summed E-state index contributed by atoms with van der Waals surface area (Å²) < 4.78 is 6.58. The second-order valence-electron chi connectivity index (χ2n) is 5.98. The lowest BCUT2D eigenvalue weighted by Crippen LogP contribution is -2.42. The number of nitrogens with zero attached hydrogens (tertiary/aromatic N) is 1. The van der Waals surface area contributed by atoms with Gasteiger partial charge in [-0.25, -0.2) is 9.78 Å². The molecule has 0 aliphatic heterocycles. The number of thiazole rings is 1. The van der Waals surface area contributed by atoms with Crippen LogP contribution in [0.25, 0.3) is 10.2 Å². The zero-order valence-corrected chi connectivity index (χ0v) is 18.0. The summed E-state index contributed by atoms with van der Waals surface area (Å²) in [5, 5.41) is 7.95. The quantitative estimate of drug-likeness (QED) is 0.224. The first-order chi connectivity index (χ1) is 14.4. The first kappa shape index (κ1) is 23.3. The first-order valence-electron chi connectivity index (χ1n) is 8.99. The van der Waals surface area contributed by atoms with Crippen LogP contribution >= 0.6 is 23.1 Å². The third kappa shape index (κ3) is 7.42. The van der Waals surface area contributed by atoms with E-state index < -0.39 is 12.1 Å². The largest absolute Gasteiger partial charge is 0.445 e. The van der Waals surface area contributed by atoms with Gasteiger partial charge in [0, 0.05) is 31.3 Å². The van der Waals surface area contributed by atoms with Gasteiger partial charge >= 0.3 is 6.09 Å². The number of hydrogen-bond donors (Lipinski definition) is 3. The van der Waals surface area contributed by atoms with Gasteiger partial charge in [-0.3, -0.25) is 9.59 Å². The molecule has 10 heteroatoms. The molecule has 0 saturated heterocycles. The molecule has 8 nitrogen and oxygen atoms in total. The lowest BCUT2D eigenvalue weighted by Gasteiger charge is -2.15. The van der Waals surface area contributed by atoms with Crippen molar-refractivity contribution in [3.63, 3.8) is 0 Å². The van der Waals surface area contributed by atoms with E-state index in [0.29, 0.717) is 18.0 Å². The molecule has 1 aromatic carbocycles. The molecule has 0 aliphatic carbocycles. The molecule has 0 aliphatic rings. The number of nitrogens with one attached hydrogen (secondary N) is 3. The number of anilines is 1. The van der Waals surface area contributed by atoms with Crippen LogP contribution < -0.4 is 16.0 Å². The van der Waals surface area contributed by atoms with Gasteiger partial charge in [-0.15, -0.1) is 23.7 Å². The standard InChI is InChI=1S/C20H22N4O4S2/c1-4-6-16(22-13(3)25)18(26)23-14-7-8-15-17(12-14)30-20(24-15)29-11-9-21-19(27)28-10-5-2/h1,5,7-8,12,16H,2,6,9-11H2,3H3,(H,21,27)(H,22,25)(H,23,26)/t16-/m0/s1. The molecule has 1 atom stereocenters. The summed E-state index contributed by atoms with van der Waals surface area (Å²) in [6, 6.07) is 4.58. The van der Waals surface area contributed by atoms with Crippen molar-refractivity contribution in [2.45, 2.75) is 23.7 Å². The Morgan fingerprint density at radius 2 is 2.23 bits per heavy atom. The Labute approximate surface area is 182 Å². The average molecular weight is 447 g/mol. The third-order valence-electron chi connectivity index (χ3n) is 3.58. The Kier molecular flexibility index (Phi) is 9.18. The predicted octanol–water partition coefficient (Wildman–Crippen LogP) is 2.77. The van der Waals surface area contributed by atoms with E-state index in [1.54, 1.807) is 6.07 Å². The Bertz CT molecular complexity index is 967. The summed E-state index contributed by atoms with van der Waals surface area (Å²) in [6.07, 6.45) is 6.40. The monoisotopic (exact) mass is 446 g/mol. The predicted molar refractivity (Wildman–Crippen MR) is 120 cm³/mol. The van der Waals surface area contributed by atoms with Gasteiger partial charge in [0.15, 0.2) is 4.34 Å². The number of carbonyl (C=O) groups excluding carboxylic acids is 3. The number of hydrogen-bond acceptors (Lipinski definition) is 7. The van der Waals surface area contributed by atoms with Gasteiger partial charge in [0.1, 0.15) is 12.6 Å². The second kappa shape index (κ2) is 11.8. The summed E-state index contributed by atoms with van der Waals surface area (Å²) in [7, 11) is 0. The van der Waals surface area contributed by atoms with Crippen LogP contribution in [0.4, 0.5) is 10.5 Å². The molecule has 2 rings (SSSR count). The number of amides is 3. The number of carbonyl (C=O) groups is 3. The fourth-order valence-corrected chi connectivity index (χ4v) is 4.35. The molecule has 158 valence electrons. The molecule has 0 spiro atoms. The Morgan fingerprint density at radius 1 is 1.43 bits per heavy atom. The fraction of sp³-hybridized carbons (Fsp3) is 0.300. The minimum atomic E-state index is -0.790. The number of ether oxygens (including phenoxy) is 1. The summed E-state index contributed by atoms with van der Waals surface area (Å²) in [5.74, 6) is 2.32. The van der Waals surface area contributed by atoms with Crippen LogP contribution in [0.2, 0.25) is 0 Å². The summed E-state index contributed by atoms with van der Waals surface area (Å²) in [6.45, 7) is 5.42. The number of alkyl carbamates (subject to hydrolysis) is 1. The molecule has 3 amide bonds. The van der Waals surface area contributed by atoms with Gasteiger partial charge in [0.05, 0.1) is 10.2 Å². The highest BCUT2D eigenvalue weighted by Crippen LogP contribution is 2.31. The number of fused-ring (bicyclic) bond motifs is 1. The highest BCUT2D eigenvalue weighted by Gasteiger charge is 2.18. The summed E-state index contributed by atoms with van der Waals surface area (Å²) >= 11 is 2.99. The molecule has 3 N–H and O–H groups in total. The highest BCUT2D eigenvalue weighted by molar-refractivity contribution is 8.01. The number of terminal acetylenes is 1. The molecule has 2 aromatic rings. The van der Waals surface area contributed by atoms with E-state index in [-0.39, 0.29) is 24.8 Å². The zero-order chi connectivity index (χ0) is 21.9. The number of rotatable bonds is 10. The average Bonchev–Trinajstić information content (AvgIpc) is 3.11. The lowest BCUT2D eigenvalue weighted by molar-refractivity contribution is -0.125. The van der Waals surface area contributed by atoms with Crippen molar-refractivity contribution in [2.75, 3.05) is 24.2 Å². The van der Waals surface area contributed by atoms with E-state index in [2.05, 4.69) is 33.4 Å². The Hall–Kier alpha value is -3.03. The van der Waals surface area contributed by atoms with Gasteiger partial charge in [-0.2, -0.15) is 0 Å². The van der Waals surface area contributed by atoms with Gasteiger partial charge in [-0.1, -0.05) is 24.4 Å². The summed E-state index contributed by atoms with van der Waals surface area (Å²) in [4.78, 5) is 39.5. The van der Waals surface area contributed by atoms with Crippen molar-refractivity contribution in [1.82, 2.24) is 15.6 Å². The maximum atomic E-state index is 12.4. The van der Waals surface area contributed by atoms with Crippen molar-refractivity contribution in [2.24, 2.45) is 0 Å². The van der Waals surface area contributed by atoms with Gasteiger partial charge in [0.25, 0.3) is 0 Å². The fourth-order valence-electron chi connectivity index (χ4n) is 2.32. The molecule has 0 saturated carbocycles. The van der Waals surface area contributed by atoms with E-state index in [9.17, 15) is 14.4 Å². The molecule has 0 bridgehead atoms. The van der Waals surface area contributed by atoms with E-state index in [0.717, 1.165) is 14.6 Å². The first-order valence-corrected chi connectivity index (χ1v) is 10.8. The van der Waals surface area contributed by atoms with Crippen LogP contribution in [0, 0.1) is 12.3 Å². The van der Waals surface area contributed by atoms with Crippen LogP contribution in [0.15, 0.2) is 35.2 Å². The van der Waals surface area contributed by atoms with E-state index >= 15 is 0 Å². The molecular weight excluding hydrogens is 424 g/mol. The van der Waals surface area contributed by atoms with Crippen LogP contribution in [0.3, 0.4) is 0 Å². The molecule has 30 heavy (non-hydrogen) atoms. The van der Waals surface area contributed by atoms with E-state index in [1.165, 1.54) is 36.1 Å². The Morgan fingerprint density at radius 3 is 2.93 bits per heavy atom. The molecule has 0 radical (unpaired) electrons. The van der Waals surface area contributed by atoms with Gasteiger partial charge in [-0.05, 0) is 18.2 Å². The minimum Gasteiger partial charge on any atom is -0.445 e. The van der Waals surface area contributed by atoms with Crippen molar-refractivity contribution in [1.29, 1.82) is 0 Å². The minimum absolute atomic E-state index is 0.101. The lowest BCUT2D eigenvalue weighted by atomic mass is 10.2. The number of benzene rings is 1. The van der Waals surface area contributed by atoms with Crippen molar-refractivity contribution >= 4 is 56.9 Å². The van der Waals surface area contributed by atoms with Gasteiger partial charge < -0.3 is 20.7 Å². The molecular formula is C20H22N4O4S2. The Balaban J connectivity index is 1.93. The topological polar surface area (TPSA) is 109 Å². The van der Waals surface area contributed by atoms with Crippen LogP contribution in [-0.4, -0.2) is 47.8 Å². The summed E-state index contributed by atoms with van der Waals surface area (Å²) in [5.41, 5.74) is 1.40. The molecule has 0 unspecified atom stereocenters. The zero-order valence-electron chi connectivity index (χ0n) is 16.4. The highest BCUT2D eigenvalue weighted by atomic mass is 32.2. The smallest absolute Gasteiger partial charge is 0.407 e. The van der Waals surface area contributed by atoms with Crippen molar-refractivity contribution in [3.05, 3.63) is 30.9 Å². The molecule has 1 heterocycles. The number of aromatic nitrogens is 1. The maximum absolute atomic E-state index is 12.4. The third-order valence-corrected chi connectivity index (χ3v) is 5.74. The van der Waals surface area contributed by atoms with E-state index in [4.69, 9.17) is 11.2 Å². The molecule has 1 aromatic heterocycles. The SMILES string of the molecule is C#CC[C@H](NC(C)=O)C(=O)Nc1ccc2nc(SCCNC(=O)OCC=C)sc2c1. The van der Waals surface area contributed by atoms with Crippen LogP contribution in [0.1, 0.15) is 13.3 Å². The van der Waals surface area contributed by atoms with Gasteiger partial charge in [0.2, 0.25) is 11.8 Å². The van der Waals surface area contributed by atoms with E-state index in [1.807, 2.05) is 12.1 Å². The molecule has 0 fully saturated rings. The number of thioether (sulfide) groups is 1. The van der Waals surface area contributed by atoms with Crippen LogP contribution in [0.5, 0.6) is 0 Å². The normalized spacial score (nSPS) is 11.2. The maximum Gasteiger partial charge on any atom is 0.407 e. The second-order valence-corrected chi connectivity index (χ2v) is 8.35. The van der Waals surface area contributed by atoms with Crippen molar-refractivity contribution < 1.29 is 19.1 Å². The van der Waals surface area contributed by atoms with Crippen molar-refractivity contribution in [3.8, 4) is 12.3 Å².